The lowest BCUT2D eigenvalue weighted by atomic mass is 10.2. The number of pyridine rings is 1. The molecule has 0 unspecified atom stereocenters. The van der Waals surface area contributed by atoms with Crippen molar-refractivity contribution in [1.82, 2.24) is 19.7 Å². The zero-order chi connectivity index (χ0) is 20.8. The molecule has 0 bridgehead atoms. The van der Waals surface area contributed by atoms with E-state index in [-0.39, 0.29) is 11.7 Å². The number of nitrogens with one attached hydrogen (secondary N) is 1. The topological polar surface area (TPSA) is 81.9 Å². The fourth-order valence-electron chi connectivity index (χ4n) is 2.89. The van der Waals surface area contributed by atoms with Crippen LogP contribution in [0.1, 0.15) is 0 Å². The van der Waals surface area contributed by atoms with Crippen molar-refractivity contribution in [1.29, 1.82) is 0 Å². The van der Waals surface area contributed by atoms with Crippen LogP contribution in [0.2, 0.25) is 0 Å². The molecule has 4 rings (SSSR count). The van der Waals surface area contributed by atoms with Crippen LogP contribution in [0, 0.1) is 0 Å². The van der Waals surface area contributed by atoms with Gasteiger partial charge in [-0.3, -0.25) is 14.3 Å². The number of carbonyl (C=O) groups excluding carboxylic acids is 1. The predicted molar refractivity (Wildman–Crippen MR) is 117 cm³/mol. The van der Waals surface area contributed by atoms with Crippen LogP contribution in [0.5, 0.6) is 5.75 Å². The third-order valence-electron chi connectivity index (χ3n) is 4.27. The number of aromatic nitrogens is 4. The molecule has 2 aromatic carbocycles. The number of amides is 1. The van der Waals surface area contributed by atoms with Gasteiger partial charge in [-0.2, -0.15) is 0 Å². The van der Waals surface area contributed by atoms with E-state index in [1.807, 2.05) is 65.2 Å². The summed E-state index contributed by atoms with van der Waals surface area (Å²) < 4.78 is 7.14. The number of carbonyl (C=O) groups is 1. The zero-order valence-corrected chi connectivity index (χ0v) is 17.0. The number of hydrogen-bond donors (Lipinski definition) is 1. The fourth-order valence-corrected chi connectivity index (χ4v) is 3.64. The highest BCUT2D eigenvalue weighted by molar-refractivity contribution is 7.99. The molecule has 1 amide bonds. The molecule has 8 heteroatoms. The van der Waals surface area contributed by atoms with Crippen LogP contribution in [0.4, 0.5) is 5.69 Å². The number of ether oxygens (including phenoxy) is 1. The van der Waals surface area contributed by atoms with E-state index in [2.05, 4.69) is 20.5 Å². The van der Waals surface area contributed by atoms with Gasteiger partial charge in [0, 0.05) is 35.4 Å². The fraction of sp³-hybridized carbons (Fsp3) is 0.0909. The smallest absolute Gasteiger partial charge is 0.234 e. The van der Waals surface area contributed by atoms with Gasteiger partial charge in [0.05, 0.1) is 12.9 Å². The van der Waals surface area contributed by atoms with Crippen LogP contribution in [0.25, 0.3) is 17.1 Å². The SMILES string of the molecule is COc1cccc(NC(=O)CSc2nnc(-c3ccncc3)n2-c2ccccc2)c1. The molecule has 0 saturated heterocycles. The third-order valence-corrected chi connectivity index (χ3v) is 5.20. The van der Waals surface area contributed by atoms with Gasteiger partial charge in [0.15, 0.2) is 11.0 Å². The molecule has 2 heterocycles. The minimum Gasteiger partial charge on any atom is -0.497 e. The van der Waals surface area contributed by atoms with Crippen LogP contribution < -0.4 is 10.1 Å². The van der Waals surface area contributed by atoms with Gasteiger partial charge < -0.3 is 10.1 Å². The Hall–Kier alpha value is -3.65. The van der Waals surface area contributed by atoms with E-state index in [1.165, 1.54) is 11.8 Å². The van der Waals surface area contributed by atoms with Crippen molar-refractivity contribution in [3.63, 3.8) is 0 Å². The summed E-state index contributed by atoms with van der Waals surface area (Å²) in [5, 5.41) is 12.2. The molecule has 0 aliphatic carbocycles. The maximum Gasteiger partial charge on any atom is 0.234 e. The second-order valence-corrected chi connectivity index (χ2v) is 7.22. The number of hydrogen-bond acceptors (Lipinski definition) is 6. The molecule has 30 heavy (non-hydrogen) atoms. The van der Waals surface area contributed by atoms with E-state index in [0.717, 1.165) is 11.3 Å². The van der Waals surface area contributed by atoms with Crippen LogP contribution in [-0.4, -0.2) is 38.5 Å². The first-order valence-corrected chi connectivity index (χ1v) is 10.2. The van der Waals surface area contributed by atoms with Gasteiger partial charge in [0.25, 0.3) is 0 Å². The summed E-state index contributed by atoms with van der Waals surface area (Å²) >= 11 is 1.33. The summed E-state index contributed by atoms with van der Waals surface area (Å²) in [6, 6.07) is 20.8. The molecule has 0 radical (unpaired) electrons. The molecule has 0 saturated carbocycles. The second kappa shape index (κ2) is 9.23. The van der Waals surface area contributed by atoms with Crippen LogP contribution in [-0.2, 0) is 4.79 Å². The molecular weight excluding hydrogens is 398 g/mol. The predicted octanol–water partition coefficient (Wildman–Crippen LogP) is 4.07. The summed E-state index contributed by atoms with van der Waals surface area (Å²) in [6.07, 6.45) is 3.43. The van der Waals surface area contributed by atoms with Crippen LogP contribution >= 0.6 is 11.8 Å². The number of benzene rings is 2. The first-order valence-electron chi connectivity index (χ1n) is 9.22. The Bertz CT molecular complexity index is 1130. The van der Waals surface area contributed by atoms with Gasteiger partial charge in [-0.25, -0.2) is 0 Å². The maximum absolute atomic E-state index is 12.5. The average Bonchev–Trinajstić information content (AvgIpc) is 3.23. The van der Waals surface area contributed by atoms with Crippen molar-refractivity contribution >= 4 is 23.4 Å². The number of rotatable bonds is 7. The zero-order valence-electron chi connectivity index (χ0n) is 16.2. The number of methoxy groups -OCH3 is 1. The highest BCUT2D eigenvalue weighted by Gasteiger charge is 2.17. The molecule has 2 aromatic heterocycles. The number of nitrogens with zero attached hydrogens (tertiary/aromatic N) is 4. The lowest BCUT2D eigenvalue weighted by molar-refractivity contribution is -0.113. The number of thioether (sulfide) groups is 1. The van der Waals surface area contributed by atoms with Crippen molar-refractivity contribution < 1.29 is 9.53 Å². The van der Waals surface area contributed by atoms with E-state index in [4.69, 9.17) is 4.74 Å². The van der Waals surface area contributed by atoms with Crippen molar-refractivity contribution in [2.45, 2.75) is 5.16 Å². The minimum absolute atomic E-state index is 0.138. The Kier molecular flexibility index (Phi) is 6.05. The molecular formula is C22H19N5O2S. The van der Waals surface area contributed by atoms with E-state index < -0.39 is 0 Å². The Morgan fingerprint density at radius 2 is 1.83 bits per heavy atom. The molecule has 4 aromatic rings. The van der Waals surface area contributed by atoms with E-state index in [9.17, 15) is 4.79 Å². The second-order valence-electron chi connectivity index (χ2n) is 6.28. The Morgan fingerprint density at radius 1 is 1.03 bits per heavy atom. The molecule has 1 N–H and O–H groups in total. The third kappa shape index (κ3) is 4.49. The molecule has 0 atom stereocenters. The number of para-hydroxylation sites is 1. The molecule has 0 fully saturated rings. The molecule has 7 nitrogen and oxygen atoms in total. The van der Waals surface area contributed by atoms with Gasteiger partial charge in [-0.15, -0.1) is 10.2 Å². The standard InChI is InChI=1S/C22H19N5O2S/c1-29-19-9-5-6-17(14-19)24-20(28)15-30-22-26-25-21(16-10-12-23-13-11-16)27(22)18-7-3-2-4-8-18/h2-14H,15H2,1H3,(H,24,28). The Labute approximate surface area is 178 Å². The van der Waals surface area contributed by atoms with Crippen LogP contribution in [0.15, 0.2) is 84.3 Å². The average molecular weight is 417 g/mol. The molecule has 0 aliphatic rings. The highest BCUT2D eigenvalue weighted by Crippen LogP contribution is 2.27. The van der Waals surface area contributed by atoms with Gasteiger partial charge in [0.2, 0.25) is 5.91 Å². The summed E-state index contributed by atoms with van der Waals surface area (Å²) in [6.45, 7) is 0. The van der Waals surface area contributed by atoms with Crippen molar-refractivity contribution in [3.05, 3.63) is 79.1 Å². The Morgan fingerprint density at radius 3 is 2.60 bits per heavy atom. The largest absolute Gasteiger partial charge is 0.497 e. The monoisotopic (exact) mass is 417 g/mol. The summed E-state index contributed by atoms with van der Waals surface area (Å²) in [5.41, 5.74) is 2.50. The molecule has 0 aliphatic heterocycles. The quantitative estimate of drug-likeness (QED) is 0.457. The van der Waals surface area contributed by atoms with Crippen molar-refractivity contribution in [2.24, 2.45) is 0 Å². The highest BCUT2D eigenvalue weighted by atomic mass is 32.2. The lowest BCUT2D eigenvalue weighted by Crippen LogP contribution is -2.14. The normalized spacial score (nSPS) is 10.6. The van der Waals surface area contributed by atoms with E-state index >= 15 is 0 Å². The number of anilines is 1. The minimum atomic E-state index is -0.138. The maximum atomic E-state index is 12.5. The summed E-state index contributed by atoms with van der Waals surface area (Å²) in [7, 11) is 1.59. The van der Waals surface area contributed by atoms with E-state index in [0.29, 0.717) is 22.4 Å². The first kappa shape index (κ1) is 19.7. The lowest BCUT2D eigenvalue weighted by Gasteiger charge is -2.10. The molecule has 150 valence electrons. The van der Waals surface area contributed by atoms with Gasteiger partial charge in [-0.05, 0) is 36.4 Å². The van der Waals surface area contributed by atoms with Gasteiger partial charge in [-0.1, -0.05) is 36.0 Å². The Balaban J connectivity index is 1.55. The molecule has 0 spiro atoms. The van der Waals surface area contributed by atoms with Crippen LogP contribution in [0.3, 0.4) is 0 Å². The first-order chi connectivity index (χ1) is 14.7. The summed E-state index contributed by atoms with van der Waals surface area (Å²) in [5.74, 6) is 1.44. The van der Waals surface area contributed by atoms with E-state index in [1.54, 1.807) is 25.6 Å². The van der Waals surface area contributed by atoms with Crippen molar-refractivity contribution in [2.75, 3.05) is 18.2 Å². The van der Waals surface area contributed by atoms with Gasteiger partial charge in [0.1, 0.15) is 5.75 Å². The van der Waals surface area contributed by atoms with Gasteiger partial charge >= 0.3 is 0 Å². The summed E-state index contributed by atoms with van der Waals surface area (Å²) in [4.78, 5) is 16.5. The van der Waals surface area contributed by atoms with Crippen molar-refractivity contribution in [3.8, 4) is 22.8 Å².